The highest BCUT2D eigenvalue weighted by molar-refractivity contribution is 9.10. The van der Waals surface area contributed by atoms with Crippen LogP contribution in [0, 0.1) is 0 Å². The van der Waals surface area contributed by atoms with Crippen molar-refractivity contribution in [3.8, 4) is 0 Å². The maximum absolute atomic E-state index is 12.3. The molecule has 3 amide bonds. The lowest BCUT2D eigenvalue weighted by Crippen LogP contribution is -2.43. The third kappa shape index (κ3) is 12.5. The standard InChI is InChI=1S/C28H36BrN3O5/c1-2-3-4-5-6-7-8-9-10-14-25(33)30-24-13-11-12-22(19-24)28(36)37-20-26(34)31-32-27(35)21-15-17-23(29)18-16-21/h11-13,15-19H,2-10,14,20H2,1H3,(H,30,33)(H,31,34)(H,32,35). The minimum absolute atomic E-state index is 0.102. The Morgan fingerprint density at radius 3 is 2.08 bits per heavy atom. The first kappa shape index (κ1) is 30.0. The molecule has 0 aliphatic heterocycles. The molecule has 0 aromatic heterocycles. The maximum atomic E-state index is 12.3. The Morgan fingerprint density at radius 1 is 0.757 bits per heavy atom. The number of carbonyl (C=O) groups is 4. The Labute approximate surface area is 227 Å². The van der Waals surface area contributed by atoms with Crippen LogP contribution >= 0.6 is 15.9 Å². The number of hydrogen-bond acceptors (Lipinski definition) is 5. The SMILES string of the molecule is CCCCCCCCCCCC(=O)Nc1cccc(C(=O)OCC(=O)NNC(=O)c2ccc(Br)cc2)c1. The molecule has 0 fully saturated rings. The number of amides is 3. The van der Waals surface area contributed by atoms with Crippen molar-refractivity contribution in [2.24, 2.45) is 0 Å². The van der Waals surface area contributed by atoms with Gasteiger partial charge in [0.15, 0.2) is 6.61 Å². The molecule has 0 saturated heterocycles. The van der Waals surface area contributed by atoms with Gasteiger partial charge in [-0.25, -0.2) is 4.79 Å². The number of nitrogens with one attached hydrogen (secondary N) is 3. The van der Waals surface area contributed by atoms with E-state index >= 15 is 0 Å². The summed E-state index contributed by atoms with van der Waals surface area (Å²) in [7, 11) is 0. The van der Waals surface area contributed by atoms with Crippen molar-refractivity contribution in [2.45, 2.75) is 71.1 Å². The van der Waals surface area contributed by atoms with E-state index in [0.717, 1.165) is 23.7 Å². The van der Waals surface area contributed by atoms with E-state index in [9.17, 15) is 19.2 Å². The molecule has 0 radical (unpaired) electrons. The summed E-state index contributed by atoms with van der Waals surface area (Å²) in [4.78, 5) is 48.5. The fraction of sp³-hybridized carbons (Fsp3) is 0.429. The van der Waals surface area contributed by atoms with Crippen LogP contribution in [0.25, 0.3) is 0 Å². The van der Waals surface area contributed by atoms with E-state index in [1.165, 1.54) is 50.7 Å². The predicted molar refractivity (Wildman–Crippen MR) is 147 cm³/mol. The Balaban J connectivity index is 1.65. The number of esters is 1. The van der Waals surface area contributed by atoms with Gasteiger partial charge in [0.2, 0.25) is 5.91 Å². The van der Waals surface area contributed by atoms with Gasteiger partial charge >= 0.3 is 5.97 Å². The number of unbranched alkanes of at least 4 members (excludes halogenated alkanes) is 8. The predicted octanol–water partition coefficient (Wildman–Crippen LogP) is 5.93. The van der Waals surface area contributed by atoms with E-state index in [0.29, 0.717) is 17.7 Å². The fourth-order valence-electron chi connectivity index (χ4n) is 3.59. The first-order valence-electron chi connectivity index (χ1n) is 12.8. The van der Waals surface area contributed by atoms with E-state index in [1.807, 2.05) is 0 Å². The normalized spacial score (nSPS) is 10.4. The van der Waals surface area contributed by atoms with Crippen LogP contribution in [0.4, 0.5) is 5.69 Å². The highest BCUT2D eigenvalue weighted by Crippen LogP contribution is 2.14. The number of carbonyl (C=O) groups excluding carboxylic acids is 4. The molecule has 0 aliphatic rings. The maximum Gasteiger partial charge on any atom is 0.338 e. The summed E-state index contributed by atoms with van der Waals surface area (Å²) >= 11 is 3.28. The van der Waals surface area contributed by atoms with Crippen LogP contribution in [0.5, 0.6) is 0 Å². The van der Waals surface area contributed by atoms with Crippen LogP contribution in [-0.4, -0.2) is 30.3 Å². The van der Waals surface area contributed by atoms with Gasteiger partial charge in [0.1, 0.15) is 0 Å². The lowest BCUT2D eigenvalue weighted by atomic mass is 10.1. The number of hydrogen-bond donors (Lipinski definition) is 3. The van der Waals surface area contributed by atoms with Crippen molar-refractivity contribution in [3.63, 3.8) is 0 Å². The van der Waals surface area contributed by atoms with Crippen LogP contribution in [-0.2, 0) is 14.3 Å². The van der Waals surface area contributed by atoms with Gasteiger partial charge in [0.25, 0.3) is 11.8 Å². The first-order chi connectivity index (χ1) is 17.9. The number of ether oxygens (including phenoxy) is 1. The van der Waals surface area contributed by atoms with Crippen molar-refractivity contribution < 1.29 is 23.9 Å². The van der Waals surface area contributed by atoms with Gasteiger partial charge in [-0.15, -0.1) is 0 Å². The summed E-state index contributed by atoms with van der Waals surface area (Å²) in [6.07, 6.45) is 11.1. The average Bonchev–Trinajstić information content (AvgIpc) is 2.90. The molecule has 8 nitrogen and oxygen atoms in total. The molecule has 0 bridgehead atoms. The van der Waals surface area contributed by atoms with Crippen LogP contribution < -0.4 is 16.2 Å². The number of rotatable bonds is 15. The summed E-state index contributed by atoms with van der Waals surface area (Å²) < 4.78 is 5.84. The summed E-state index contributed by atoms with van der Waals surface area (Å²) in [5.41, 5.74) is 5.50. The van der Waals surface area contributed by atoms with Gasteiger partial charge in [-0.1, -0.05) is 80.3 Å². The lowest BCUT2D eigenvalue weighted by molar-refractivity contribution is -0.125. The Morgan fingerprint density at radius 2 is 1.41 bits per heavy atom. The topological polar surface area (TPSA) is 114 Å². The molecule has 0 unspecified atom stereocenters. The van der Waals surface area contributed by atoms with Crippen molar-refractivity contribution in [2.75, 3.05) is 11.9 Å². The number of hydrazine groups is 1. The number of halogens is 1. The molecule has 3 N–H and O–H groups in total. The van der Waals surface area contributed by atoms with Crippen LogP contribution in [0.3, 0.4) is 0 Å². The second-order valence-electron chi connectivity index (χ2n) is 8.79. The van der Waals surface area contributed by atoms with E-state index in [2.05, 4.69) is 39.0 Å². The summed E-state index contributed by atoms with van der Waals surface area (Å²) in [5, 5.41) is 2.80. The third-order valence-electron chi connectivity index (χ3n) is 5.65. The second kappa shape index (κ2) is 17.3. The highest BCUT2D eigenvalue weighted by Gasteiger charge is 2.13. The first-order valence-corrected chi connectivity index (χ1v) is 13.6. The van der Waals surface area contributed by atoms with Crippen LogP contribution in [0.1, 0.15) is 91.8 Å². The molecule has 0 spiro atoms. The lowest BCUT2D eigenvalue weighted by Gasteiger charge is -2.09. The zero-order valence-corrected chi connectivity index (χ0v) is 22.9. The van der Waals surface area contributed by atoms with Gasteiger partial charge in [-0.2, -0.15) is 0 Å². The molecule has 0 saturated carbocycles. The molecule has 2 aromatic carbocycles. The minimum atomic E-state index is -0.718. The molecule has 200 valence electrons. The monoisotopic (exact) mass is 573 g/mol. The van der Waals surface area contributed by atoms with Gasteiger partial charge < -0.3 is 10.1 Å². The molecule has 37 heavy (non-hydrogen) atoms. The molecule has 9 heteroatoms. The van der Waals surface area contributed by atoms with E-state index in [-0.39, 0.29) is 11.5 Å². The van der Waals surface area contributed by atoms with E-state index in [1.54, 1.807) is 36.4 Å². The van der Waals surface area contributed by atoms with Crippen molar-refractivity contribution >= 4 is 45.3 Å². The Hall–Kier alpha value is -3.20. The van der Waals surface area contributed by atoms with E-state index in [4.69, 9.17) is 4.74 Å². The Bertz CT molecular complexity index is 1030. The van der Waals surface area contributed by atoms with Gasteiger partial charge in [-0.3, -0.25) is 25.2 Å². The quantitative estimate of drug-likeness (QED) is 0.139. The average molecular weight is 575 g/mol. The Kier molecular flexibility index (Phi) is 14.0. The smallest absolute Gasteiger partial charge is 0.338 e. The highest BCUT2D eigenvalue weighted by atomic mass is 79.9. The van der Waals surface area contributed by atoms with Gasteiger partial charge in [0, 0.05) is 22.1 Å². The summed E-state index contributed by atoms with van der Waals surface area (Å²) in [5.74, 6) is -2.01. The largest absolute Gasteiger partial charge is 0.452 e. The minimum Gasteiger partial charge on any atom is -0.452 e. The van der Waals surface area contributed by atoms with Crippen LogP contribution in [0.2, 0.25) is 0 Å². The second-order valence-corrected chi connectivity index (χ2v) is 9.71. The third-order valence-corrected chi connectivity index (χ3v) is 6.17. The van der Waals surface area contributed by atoms with Crippen molar-refractivity contribution in [1.29, 1.82) is 0 Å². The summed E-state index contributed by atoms with van der Waals surface area (Å²) in [6, 6.07) is 12.9. The van der Waals surface area contributed by atoms with Gasteiger partial charge in [0.05, 0.1) is 5.56 Å². The number of benzene rings is 2. The van der Waals surface area contributed by atoms with Gasteiger partial charge in [-0.05, 0) is 48.9 Å². The van der Waals surface area contributed by atoms with Crippen LogP contribution in [0.15, 0.2) is 53.0 Å². The number of anilines is 1. The fourth-order valence-corrected chi connectivity index (χ4v) is 3.86. The van der Waals surface area contributed by atoms with Crippen molar-refractivity contribution in [3.05, 3.63) is 64.1 Å². The zero-order chi connectivity index (χ0) is 26.9. The molecule has 0 atom stereocenters. The molecule has 0 aliphatic carbocycles. The zero-order valence-electron chi connectivity index (χ0n) is 21.3. The van der Waals surface area contributed by atoms with Crippen molar-refractivity contribution in [1.82, 2.24) is 10.9 Å². The molecule has 2 aromatic rings. The molecular formula is C28H36BrN3O5. The van der Waals surface area contributed by atoms with E-state index < -0.39 is 24.4 Å². The molecule has 2 rings (SSSR count). The molecular weight excluding hydrogens is 538 g/mol. The summed E-state index contributed by atoms with van der Waals surface area (Å²) in [6.45, 7) is 1.64. The molecule has 0 heterocycles.